The van der Waals surface area contributed by atoms with Crippen molar-refractivity contribution in [3.63, 3.8) is 0 Å². The minimum atomic E-state index is -0.284. The molecule has 1 amide bonds. The van der Waals surface area contributed by atoms with Gasteiger partial charge in [0.15, 0.2) is 0 Å². The van der Waals surface area contributed by atoms with E-state index in [-0.39, 0.29) is 11.4 Å². The third-order valence-electron chi connectivity index (χ3n) is 4.08. The summed E-state index contributed by atoms with van der Waals surface area (Å²) in [6.07, 6.45) is 3.94. The number of nitrogens with one attached hydrogen (secondary N) is 1. The van der Waals surface area contributed by atoms with E-state index < -0.39 is 0 Å². The molecule has 0 saturated carbocycles. The number of rotatable bonds is 10. The van der Waals surface area contributed by atoms with Crippen LogP contribution in [0.4, 0.5) is 0 Å². The van der Waals surface area contributed by atoms with Crippen LogP contribution >= 0.6 is 0 Å². The molecule has 22 heavy (non-hydrogen) atoms. The van der Waals surface area contributed by atoms with Crippen LogP contribution in [0.1, 0.15) is 52.0 Å². The molecule has 4 nitrogen and oxygen atoms in total. The molecule has 0 saturated heterocycles. The van der Waals surface area contributed by atoms with Crippen molar-refractivity contribution in [2.45, 2.75) is 58.4 Å². The lowest BCUT2D eigenvalue weighted by Crippen LogP contribution is -2.49. The number of carbonyl (C=O) groups excluding carboxylic acids is 1. The second-order valence-corrected chi connectivity index (χ2v) is 5.84. The normalized spacial score (nSPS) is 11.3. The van der Waals surface area contributed by atoms with E-state index in [2.05, 4.69) is 26.1 Å². The number of hydrogen-bond acceptors (Lipinski definition) is 3. The lowest BCUT2D eigenvalue weighted by Gasteiger charge is -2.26. The van der Waals surface area contributed by atoms with Crippen LogP contribution in [0, 0.1) is 0 Å². The predicted molar refractivity (Wildman–Crippen MR) is 91.1 cm³/mol. The van der Waals surface area contributed by atoms with E-state index in [1.165, 1.54) is 0 Å². The van der Waals surface area contributed by atoms with Gasteiger partial charge in [-0.3, -0.25) is 4.79 Å². The van der Waals surface area contributed by atoms with E-state index in [1.807, 2.05) is 24.3 Å². The second-order valence-electron chi connectivity index (χ2n) is 5.84. The molecule has 0 atom stereocenters. The zero-order valence-corrected chi connectivity index (χ0v) is 14.2. The van der Waals surface area contributed by atoms with E-state index in [0.717, 1.165) is 43.6 Å². The Bertz CT molecular complexity index is 439. The molecule has 0 aliphatic heterocycles. The monoisotopic (exact) mass is 306 g/mol. The number of nitrogens with two attached hydrogens (primary N) is 1. The number of carbonyl (C=O) groups is 1. The number of hydrogen-bond donors (Lipinski definition) is 2. The molecular weight excluding hydrogens is 276 g/mol. The highest BCUT2D eigenvalue weighted by Gasteiger charge is 2.20. The van der Waals surface area contributed by atoms with Crippen LogP contribution in [0.5, 0.6) is 5.75 Å². The minimum absolute atomic E-state index is 0.0584. The van der Waals surface area contributed by atoms with Gasteiger partial charge in [0.05, 0.1) is 6.61 Å². The first-order chi connectivity index (χ1) is 10.5. The highest BCUT2D eigenvalue weighted by atomic mass is 16.5. The molecule has 0 bridgehead atoms. The molecule has 0 radical (unpaired) electrons. The third kappa shape index (κ3) is 6.48. The molecule has 1 aromatic rings. The maximum absolute atomic E-state index is 11.9. The van der Waals surface area contributed by atoms with Gasteiger partial charge in [0.25, 0.3) is 0 Å². The fourth-order valence-electron chi connectivity index (χ4n) is 2.09. The first-order valence-corrected chi connectivity index (χ1v) is 8.30. The number of aryl methyl sites for hydroxylation is 1. The van der Waals surface area contributed by atoms with Crippen LogP contribution in [0.3, 0.4) is 0 Å². The smallest absolute Gasteiger partial charge is 0.220 e. The third-order valence-corrected chi connectivity index (χ3v) is 4.08. The topological polar surface area (TPSA) is 64.3 Å². The Kier molecular flexibility index (Phi) is 7.96. The van der Waals surface area contributed by atoms with E-state index in [0.29, 0.717) is 13.0 Å². The van der Waals surface area contributed by atoms with E-state index in [9.17, 15) is 4.79 Å². The molecule has 0 heterocycles. The van der Waals surface area contributed by atoms with Crippen LogP contribution in [0.25, 0.3) is 0 Å². The van der Waals surface area contributed by atoms with Gasteiger partial charge in [-0.25, -0.2) is 0 Å². The van der Waals surface area contributed by atoms with E-state index >= 15 is 0 Å². The van der Waals surface area contributed by atoms with Gasteiger partial charge >= 0.3 is 0 Å². The largest absolute Gasteiger partial charge is 0.494 e. The van der Waals surface area contributed by atoms with Gasteiger partial charge in [-0.15, -0.1) is 0 Å². The molecule has 0 aliphatic rings. The summed E-state index contributed by atoms with van der Waals surface area (Å²) in [5, 5.41) is 2.95. The second kappa shape index (κ2) is 9.46. The van der Waals surface area contributed by atoms with Crippen molar-refractivity contribution < 1.29 is 9.53 Å². The maximum Gasteiger partial charge on any atom is 0.220 e. The molecule has 0 spiro atoms. The van der Waals surface area contributed by atoms with Crippen molar-refractivity contribution in [1.82, 2.24) is 5.32 Å². The van der Waals surface area contributed by atoms with Crippen molar-refractivity contribution in [3.05, 3.63) is 29.8 Å². The lowest BCUT2D eigenvalue weighted by molar-refractivity contribution is -0.121. The molecule has 0 aliphatic carbocycles. The molecule has 1 aromatic carbocycles. The number of ether oxygens (including phenoxy) is 1. The van der Waals surface area contributed by atoms with Crippen LogP contribution in [0.15, 0.2) is 24.3 Å². The van der Waals surface area contributed by atoms with Crippen molar-refractivity contribution in [2.75, 3.05) is 13.2 Å². The van der Waals surface area contributed by atoms with Crippen LogP contribution in [0.2, 0.25) is 0 Å². The minimum Gasteiger partial charge on any atom is -0.494 e. The molecule has 4 heteroatoms. The molecule has 0 fully saturated rings. The summed E-state index contributed by atoms with van der Waals surface area (Å²) in [4.78, 5) is 11.9. The van der Waals surface area contributed by atoms with Gasteiger partial charge < -0.3 is 15.8 Å². The zero-order chi connectivity index (χ0) is 16.4. The molecule has 1 rings (SSSR count). The van der Waals surface area contributed by atoms with Gasteiger partial charge in [-0.1, -0.05) is 32.9 Å². The predicted octanol–water partition coefficient (Wildman–Crippen LogP) is 3.04. The van der Waals surface area contributed by atoms with E-state index in [4.69, 9.17) is 10.5 Å². The molecule has 124 valence electrons. The summed E-state index contributed by atoms with van der Waals surface area (Å²) in [6, 6.07) is 7.96. The highest BCUT2D eigenvalue weighted by Crippen LogP contribution is 2.14. The summed E-state index contributed by atoms with van der Waals surface area (Å²) in [5.74, 6) is 0.942. The maximum atomic E-state index is 11.9. The summed E-state index contributed by atoms with van der Waals surface area (Å²) in [7, 11) is 0. The lowest BCUT2D eigenvalue weighted by atomic mass is 9.94. The van der Waals surface area contributed by atoms with Crippen molar-refractivity contribution >= 4 is 5.91 Å². The molecule has 0 unspecified atom stereocenters. The SMILES string of the molecule is CCCOc1ccc(CCC(=O)NCC(N)(CC)CC)cc1. The average molecular weight is 306 g/mol. The Balaban J connectivity index is 2.34. The summed E-state index contributed by atoms with van der Waals surface area (Å²) in [5.41, 5.74) is 7.04. The molecular formula is C18H30N2O2. The Morgan fingerprint density at radius 2 is 1.82 bits per heavy atom. The fraction of sp³-hybridized carbons (Fsp3) is 0.611. The van der Waals surface area contributed by atoms with Gasteiger partial charge in [-0.05, 0) is 43.4 Å². The molecule has 3 N–H and O–H groups in total. The Labute approximate surface area is 134 Å². The van der Waals surface area contributed by atoms with Gasteiger partial charge in [-0.2, -0.15) is 0 Å². The quantitative estimate of drug-likeness (QED) is 0.698. The molecule has 0 aromatic heterocycles. The first-order valence-electron chi connectivity index (χ1n) is 8.30. The van der Waals surface area contributed by atoms with Crippen LogP contribution in [-0.4, -0.2) is 24.6 Å². The zero-order valence-electron chi connectivity index (χ0n) is 14.2. The first kappa shape index (κ1) is 18.5. The van der Waals surface area contributed by atoms with E-state index in [1.54, 1.807) is 0 Å². The highest BCUT2D eigenvalue weighted by molar-refractivity contribution is 5.76. The van der Waals surface area contributed by atoms with Crippen molar-refractivity contribution in [2.24, 2.45) is 5.73 Å². The summed E-state index contributed by atoms with van der Waals surface area (Å²) >= 11 is 0. The number of benzene rings is 1. The van der Waals surface area contributed by atoms with Gasteiger partial charge in [0.1, 0.15) is 5.75 Å². The standard InChI is InChI=1S/C18H30N2O2/c1-4-13-22-16-10-7-15(8-11-16)9-12-17(21)20-14-18(19,5-2)6-3/h7-8,10-11H,4-6,9,12-14,19H2,1-3H3,(H,20,21). The Hall–Kier alpha value is -1.55. The summed E-state index contributed by atoms with van der Waals surface area (Å²) < 4.78 is 5.54. The Morgan fingerprint density at radius 3 is 2.36 bits per heavy atom. The fourth-order valence-corrected chi connectivity index (χ4v) is 2.09. The van der Waals surface area contributed by atoms with Crippen molar-refractivity contribution in [3.8, 4) is 5.75 Å². The van der Waals surface area contributed by atoms with Crippen LogP contribution in [-0.2, 0) is 11.2 Å². The number of amides is 1. The van der Waals surface area contributed by atoms with Crippen LogP contribution < -0.4 is 15.8 Å². The van der Waals surface area contributed by atoms with Gasteiger partial charge in [0.2, 0.25) is 5.91 Å². The summed E-state index contributed by atoms with van der Waals surface area (Å²) in [6.45, 7) is 7.47. The Morgan fingerprint density at radius 1 is 1.18 bits per heavy atom. The van der Waals surface area contributed by atoms with Crippen molar-refractivity contribution in [1.29, 1.82) is 0 Å². The van der Waals surface area contributed by atoms with Gasteiger partial charge in [0, 0.05) is 18.5 Å². The average Bonchev–Trinajstić information content (AvgIpc) is 2.56.